The summed E-state index contributed by atoms with van der Waals surface area (Å²) in [5, 5.41) is -7.84. The molecule has 0 aromatic carbocycles. The van der Waals surface area contributed by atoms with Crippen LogP contribution in [0.25, 0.3) is 0 Å². The molecule has 0 bridgehead atoms. The van der Waals surface area contributed by atoms with Crippen LogP contribution in [0.1, 0.15) is 0 Å². The van der Waals surface area contributed by atoms with Crippen molar-refractivity contribution in [2.75, 3.05) is 0 Å². The van der Waals surface area contributed by atoms with E-state index in [1.54, 1.807) is 0 Å². The summed E-state index contributed by atoms with van der Waals surface area (Å²) in [6, 6.07) is 0. The summed E-state index contributed by atoms with van der Waals surface area (Å²) in [6.07, 6.45) is -7.88. The second-order valence-electron chi connectivity index (χ2n) is 4.94. The van der Waals surface area contributed by atoms with Gasteiger partial charge in [-0.05, 0) is 0 Å². The molecule has 0 aromatic heterocycles. The van der Waals surface area contributed by atoms with E-state index in [9.17, 15) is 83.1 Å². The van der Waals surface area contributed by atoms with Crippen LogP contribution >= 0.6 is 0 Å². The summed E-state index contributed by atoms with van der Waals surface area (Å²) < 4.78 is 242. The van der Waals surface area contributed by atoms with E-state index in [0.29, 0.717) is 0 Å². The van der Waals surface area contributed by atoms with Gasteiger partial charge in [0.15, 0.2) is 0 Å². The Morgan fingerprint density at radius 3 is 0.833 bits per heavy atom. The Morgan fingerprint density at radius 2 is 0.633 bits per heavy atom. The Morgan fingerprint density at radius 1 is 0.433 bits per heavy atom. The summed E-state index contributed by atoms with van der Waals surface area (Å²) in [4.78, 5) is 0. The Kier molecular flexibility index (Phi) is 8.13. The average Bonchev–Trinajstić information content (AvgIpc) is 2.43. The molecule has 0 spiro atoms. The fraction of sp³-hybridized carbons (Fsp3) is 1.00. The molecule has 0 aliphatic heterocycles. The second kappa shape index (κ2) is 7.65. The van der Waals surface area contributed by atoms with Gasteiger partial charge in [0.25, 0.3) is 0 Å². The molecule has 30 heavy (non-hydrogen) atoms. The van der Waals surface area contributed by atoms with Gasteiger partial charge in [0.1, 0.15) is 0 Å². The SMILES string of the molecule is O=S(=O)(O)C(F)(F)C(F)(F)C(F)(F)C(F)(F)C(F)(F)C(F)(F)C(F)(F)C(F)(F)F.[NaH]. The molecule has 0 unspecified atom stereocenters. The van der Waals surface area contributed by atoms with Gasteiger partial charge >= 0.3 is 86.6 Å². The summed E-state index contributed by atoms with van der Waals surface area (Å²) in [5.41, 5.74) is 0. The molecular formula is C8H2F17NaO3S. The second-order valence-corrected chi connectivity index (χ2v) is 6.40. The van der Waals surface area contributed by atoms with E-state index in [4.69, 9.17) is 4.55 Å². The summed E-state index contributed by atoms with van der Waals surface area (Å²) >= 11 is 0. The van der Waals surface area contributed by atoms with Crippen molar-refractivity contribution in [1.82, 2.24) is 0 Å². The molecule has 22 heteroatoms. The van der Waals surface area contributed by atoms with Gasteiger partial charge in [-0.15, -0.1) is 0 Å². The van der Waals surface area contributed by atoms with Crippen molar-refractivity contribution in [3.63, 3.8) is 0 Å². The van der Waals surface area contributed by atoms with Gasteiger partial charge in [0.05, 0.1) is 0 Å². The van der Waals surface area contributed by atoms with Gasteiger partial charge in [-0.2, -0.15) is 83.1 Å². The molecule has 0 saturated carbocycles. The molecule has 1 N–H and O–H groups in total. The van der Waals surface area contributed by atoms with E-state index in [2.05, 4.69) is 0 Å². The van der Waals surface area contributed by atoms with Crippen LogP contribution in [-0.2, 0) is 10.1 Å². The fourth-order valence-electron chi connectivity index (χ4n) is 1.31. The minimum absolute atomic E-state index is 0. The molecule has 0 heterocycles. The predicted molar refractivity (Wildman–Crippen MR) is 59.4 cm³/mol. The van der Waals surface area contributed by atoms with Crippen LogP contribution in [0.2, 0.25) is 0 Å². The summed E-state index contributed by atoms with van der Waals surface area (Å²) in [5.74, 6) is -52.0. The van der Waals surface area contributed by atoms with Crippen molar-refractivity contribution >= 4 is 39.7 Å². The van der Waals surface area contributed by atoms with Crippen LogP contribution in [0.4, 0.5) is 74.6 Å². The van der Waals surface area contributed by atoms with Gasteiger partial charge in [0.2, 0.25) is 0 Å². The maximum atomic E-state index is 13.0. The number of hydrogen-bond acceptors (Lipinski definition) is 2. The van der Waals surface area contributed by atoms with Gasteiger partial charge in [0, 0.05) is 0 Å². The third-order valence-electron chi connectivity index (χ3n) is 3.02. The average molecular weight is 524 g/mol. The molecular weight excluding hydrogens is 522 g/mol. The number of halogens is 17. The van der Waals surface area contributed by atoms with Crippen LogP contribution in [-0.4, -0.2) is 89.5 Å². The first-order valence-corrected chi connectivity index (χ1v) is 7.12. The number of hydrogen-bond donors (Lipinski definition) is 1. The van der Waals surface area contributed by atoms with Crippen molar-refractivity contribution in [3.8, 4) is 0 Å². The molecule has 3 nitrogen and oxygen atoms in total. The van der Waals surface area contributed by atoms with Crippen molar-refractivity contribution in [1.29, 1.82) is 0 Å². The van der Waals surface area contributed by atoms with Crippen LogP contribution in [0.5, 0.6) is 0 Å². The Hall–Kier alpha value is -0.280. The normalized spacial score (nSPS) is 16.3. The van der Waals surface area contributed by atoms with Gasteiger partial charge < -0.3 is 0 Å². The van der Waals surface area contributed by atoms with Crippen LogP contribution in [0, 0.1) is 0 Å². The quantitative estimate of drug-likeness (QED) is 0.309. The van der Waals surface area contributed by atoms with Crippen molar-refractivity contribution < 1.29 is 87.6 Å². The minimum atomic E-state index is -8.89. The topological polar surface area (TPSA) is 54.4 Å². The molecule has 0 rings (SSSR count). The molecule has 0 saturated heterocycles. The first-order valence-electron chi connectivity index (χ1n) is 5.68. The molecule has 0 fully saturated rings. The van der Waals surface area contributed by atoms with Crippen molar-refractivity contribution in [2.45, 2.75) is 47.0 Å². The first-order chi connectivity index (χ1) is 12.0. The Bertz CT molecular complexity index is 739. The zero-order chi connectivity index (χ0) is 24.5. The Balaban J connectivity index is 0. The van der Waals surface area contributed by atoms with E-state index < -0.39 is 57.1 Å². The van der Waals surface area contributed by atoms with Gasteiger partial charge in [-0.1, -0.05) is 0 Å². The van der Waals surface area contributed by atoms with Crippen LogP contribution in [0.15, 0.2) is 0 Å². The molecule has 178 valence electrons. The third-order valence-corrected chi connectivity index (χ3v) is 3.92. The van der Waals surface area contributed by atoms with Crippen molar-refractivity contribution in [2.24, 2.45) is 0 Å². The zero-order valence-electron chi connectivity index (χ0n) is 12.1. The molecule has 0 aliphatic rings. The summed E-state index contributed by atoms with van der Waals surface area (Å²) in [6.45, 7) is 0. The number of alkyl halides is 17. The zero-order valence-corrected chi connectivity index (χ0v) is 12.9. The maximum absolute atomic E-state index is 13.0. The van der Waals surface area contributed by atoms with E-state index in [-0.39, 0.29) is 29.6 Å². The number of rotatable bonds is 7. The molecule has 0 radical (unpaired) electrons. The molecule has 0 amide bonds. The standard InChI is InChI=1S/C8HF17O3S.Na.H/c9-1(10,3(13,14)5(17,18)7(21,22)23)2(11,12)4(15,16)6(19,20)8(24,25)29(26,27)28;;/h(H,26,27,28);;. The van der Waals surface area contributed by atoms with Gasteiger partial charge in [-0.3, -0.25) is 4.55 Å². The van der Waals surface area contributed by atoms with Crippen LogP contribution in [0.3, 0.4) is 0 Å². The van der Waals surface area contributed by atoms with Crippen molar-refractivity contribution in [3.05, 3.63) is 0 Å². The molecule has 0 aromatic rings. The monoisotopic (exact) mass is 524 g/mol. The third kappa shape index (κ3) is 3.85. The first kappa shape index (κ1) is 31.9. The Labute approximate surface area is 174 Å². The summed E-state index contributed by atoms with van der Waals surface area (Å²) in [7, 11) is -7.89. The molecule has 0 atom stereocenters. The molecule has 0 aliphatic carbocycles. The van der Waals surface area contributed by atoms with E-state index in [1.165, 1.54) is 0 Å². The van der Waals surface area contributed by atoms with E-state index in [1.807, 2.05) is 0 Å². The van der Waals surface area contributed by atoms with E-state index in [0.717, 1.165) is 0 Å². The van der Waals surface area contributed by atoms with E-state index >= 15 is 0 Å². The van der Waals surface area contributed by atoms with Crippen LogP contribution < -0.4 is 0 Å². The fourth-order valence-corrected chi connectivity index (χ4v) is 1.76. The van der Waals surface area contributed by atoms with Gasteiger partial charge in [-0.25, -0.2) is 0 Å². The predicted octanol–water partition coefficient (Wildman–Crippen LogP) is 4.19.